The van der Waals surface area contributed by atoms with Crippen LogP contribution in [-0.4, -0.2) is 0 Å². The molecular formula is C10H5BrN2. The summed E-state index contributed by atoms with van der Waals surface area (Å²) in [5, 5.41) is 17.0. The van der Waals surface area contributed by atoms with Gasteiger partial charge in [-0.1, -0.05) is 34.1 Å². The summed E-state index contributed by atoms with van der Waals surface area (Å²) in [5.74, 6) is 0. The predicted octanol–water partition coefficient (Wildman–Crippen LogP) is 2.88. The van der Waals surface area contributed by atoms with Crippen LogP contribution in [-0.2, 0) is 0 Å². The summed E-state index contributed by atoms with van der Waals surface area (Å²) in [6.45, 7) is 0. The van der Waals surface area contributed by atoms with E-state index in [0.717, 1.165) is 10.0 Å². The topological polar surface area (TPSA) is 47.6 Å². The maximum absolute atomic E-state index is 8.52. The lowest BCUT2D eigenvalue weighted by Crippen LogP contribution is -1.77. The van der Waals surface area contributed by atoms with Crippen molar-refractivity contribution in [1.82, 2.24) is 0 Å². The van der Waals surface area contributed by atoms with Crippen LogP contribution in [0.5, 0.6) is 0 Å². The molecule has 2 nitrogen and oxygen atoms in total. The van der Waals surface area contributed by atoms with Gasteiger partial charge < -0.3 is 0 Å². The number of hydrogen-bond acceptors (Lipinski definition) is 2. The zero-order valence-electron chi connectivity index (χ0n) is 6.66. The Hall–Kier alpha value is -1.58. The smallest absolute Gasteiger partial charge is 0.130 e. The van der Waals surface area contributed by atoms with Crippen LogP contribution < -0.4 is 0 Å². The van der Waals surface area contributed by atoms with E-state index in [1.165, 1.54) is 0 Å². The Kier molecular flexibility index (Phi) is 3.25. The van der Waals surface area contributed by atoms with Gasteiger partial charge in [0.15, 0.2) is 0 Å². The van der Waals surface area contributed by atoms with Gasteiger partial charge in [0.1, 0.15) is 17.7 Å². The zero-order valence-corrected chi connectivity index (χ0v) is 8.25. The molecule has 1 aromatic rings. The normalized spacial score (nSPS) is 8.23. The molecule has 0 saturated carbocycles. The van der Waals surface area contributed by atoms with Gasteiger partial charge in [-0.2, -0.15) is 10.5 Å². The number of nitriles is 2. The van der Waals surface area contributed by atoms with E-state index >= 15 is 0 Å². The Morgan fingerprint density at radius 3 is 2.38 bits per heavy atom. The van der Waals surface area contributed by atoms with Crippen molar-refractivity contribution < 1.29 is 0 Å². The number of nitrogens with zero attached hydrogens (tertiary/aromatic N) is 2. The molecule has 0 radical (unpaired) electrons. The minimum absolute atomic E-state index is 0.104. The average molecular weight is 233 g/mol. The molecule has 0 aliphatic heterocycles. The van der Waals surface area contributed by atoms with E-state index in [0.29, 0.717) is 0 Å². The lowest BCUT2D eigenvalue weighted by molar-refractivity contribution is 1.47. The average Bonchev–Trinajstić information content (AvgIpc) is 2.17. The zero-order chi connectivity index (χ0) is 9.68. The minimum Gasteiger partial charge on any atom is -0.192 e. The Bertz CT molecular complexity index is 405. The first-order chi connectivity index (χ1) is 6.27. The van der Waals surface area contributed by atoms with Crippen LogP contribution in [0.4, 0.5) is 0 Å². The van der Waals surface area contributed by atoms with E-state index in [1.807, 2.05) is 24.3 Å². The fourth-order valence-corrected chi connectivity index (χ4v) is 1.24. The van der Waals surface area contributed by atoms with Crippen LogP contribution in [0.25, 0.3) is 6.08 Å². The van der Waals surface area contributed by atoms with Gasteiger partial charge in [-0.15, -0.1) is 0 Å². The van der Waals surface area contributed by atoms with Crippen molar-refractivity contribution in [3.8, 4) is 12.1 Å². The molecule has 0 fully saturated rings. The fraction of sp³-hybridized carbons (Fsp3) is 0. The highest BCUT2D eigenvalue weighted by Gasteiger charge is 1.97. The fourth-order valence-electron chi connectivity index (χ4n) is 0.837. The predicted molar refractivity (Wildman–Crippen MR) is 53.3 cm³/mol. The van der Waals surface area contributed by atoms with E-state index in [4.69, 9.17) is 10.5 Å². The lowest BCUT2D eigenvalue weighted by Gasteiger charge is -1.95. The van der Waals surface area contributed by atoms with Crippen molar-refractivity contribution >= 4 is 22.0 Å². The Labute approximate surface area is 84.9 Å². The molecule has 0 aromatic heterocycles. The number of allylic oxidation sites excluding steroid dienone is 1. The summed E-state index contributed by atoms with van der Waals surface area (Å²) < 4.78 is 0.873. The van der Waals surface area contributed by atoms with Crippen LogP contribution in [0.2, 0.25) is 0 Å². The van der Waals surface area contributed by atoms with Crippen molar-refractivity contribution in [2.75, 3.05) is 0 Å². The molecule has 3 heteroatoms. The molecule has 1 aromatic carbocycles. The molecule has 0 atom stereocenters. The molecule has 0 aliphatic rings. The van der Waals surface area contributed by atoms with Crippen LogP contribution in [0.1, 0.15) is 5.56 Å². The molecule has 0 spiro atoms. The number of rotatable bonds is 1. The lowest BCUT2D eigenvalue weighted by atomic mass is 10.1. The summed E-state index contributed by atoms with van der Waals surface area (Å²) in [6.07, 6.45) is 1.55. The van der Waals surface area contributed by atoms with Crippen molar-refractivity contribution in [1.29, 1.82) is 10.5 Å². The second kappa shape index (κ2) is 4.45. The third-order valence-electron chi connectivity index (χ3n) is 1.45. The standard InChI is InChI=1S/C10H5BrN2/c11-10-4-2-1-3-9(10)5-8(6-12)7-13/h1-5H. The van der Waals surface area contributed by atoms with Crippen LogP contribution >= 0.6 is 15.9 Å². The Morgan fingerprint density at radius 1 is 1.23 bits per heavy atom. The highest BCUT2D eigenvalue weighted by molar-refractivity contribution is 9.10. The third kappa shape index (κ3) is 2.43. The maximum Gasteiger partial charge on any atom is 0.130 e. The first-order valence-electron chi connectivity index (χ1n) is 3.54. The Morgan fingerprint density at radius 2 is 1.85 bits per heavy atom. The van der Waals surface area contributed by atoms with Crippen molar-refractivity contribution in [2.45, 2.75) is 0 Å². The largest absolute Gasteiger partial charge is 0.192 e. The van der Waals surface area contributed by atoms with Gasteiger partial charge in [0.05, 0.1) is 0 Å². The molecule has 1 rings (SSSR count). The maximum atomic E-state index is 8.52. The SMILES string of the molecule is N#CC(C#N)=Cc1ccccc1Br. The monoisotopic (exact) mass is 232 g/mol. The molecule has 0 amide bonds. The van der Waals surface area contributed by atoms with Crippen molar-refractivity contribution in [2.24, 2.45) is 0 Å². The van der Waals surface area contributed by atoms with Crippen molar-refractivity contribution in [3.05, 3.63) is 39.9 Å². The molecule has 13 heavy (non-hydrogen) atoms. The summed E-state index contributed by atoms with van der Waals surface area (Å²) in [4.78, 5) is 0. The first kappa shape index (κ1) is 9.51. The van der Waals surface area contributed by atoms with Crippen LogP contribution in [0, 0.1) is 22.7 Å². The summed E-state index contributed by atoms with van der Waals surface area (Å²) in [5.41, 5.74) is 0.938. The first-order valence-corrected chi connectivity index (χ1v) is 4.33. The van der Waals surface area contributed by atoms with Gasteiger partial charge in [-0.05, 0) is 17.7 Å². The van der Waals surface area contributed by atoms with Gasteiger partial charge in [0.25, 0.3) is 0 Å². The highest BCUT2D eigenvalue weighted by atomic mass is 79.9. The minimum atomic E-state index is 0.104. The number of benzene rings is 1. The molecule has 0 heterocycles. The van der Waals surface area contributed by atoms with Gasteiger partial charge in [0, 0.05) is 4.47 Å². The summed E-state index contributed by atoms with van der Waals surface area (Å²) in [7, 11) is 0. The van der Waals surface area contributed by atoms with E-state index in [1.54, 1.807) is 18.2 Å². The van der Waals surface area contributed by atoms with Gasteiger partial charge >= 0.3 is 0 Å². The molecular weight excluding hydrogens is 228 g/mol. The number of halogens is 1. The van der Waals surface area contributed by atoms with E-state index in [2.05, 4.69) is 15.9 Å². The van der Waals surface area contributed by atoms with Gasteiger partial charge in [0.2, 0.25) is 0 Å². The third-order valence-corrected chi connectivity index (χ3v) is 2.17. The molecule has 0 aliphatic carbocycles. The summed E-state index contributed by atoms with van der Waals surface area (Å²) >= 11 is 3.32. The number of hydrogen-bond donors (Lipinski definition) is 0. The Balaban J connectivity index is 3.14. The summed E-state index contributed by atoms with van der Waals surface area (Å²) in [6, 6.07) is 11.0. The van der Waals surface area contributed by atoms with Crippen molar-refractivity contribution in [3.63, 3.8) is 0 Å². The second-order valence-electron chi connectivity index (χ2n) is 2.30. The molecule has 62 valence electrons. The van der Waals surface area contributed by atoms with Crippen LogP contribution in [0.3, 0.4) is 0 Å². The molecule has 0 bridgehead atoms. The highest BCUT2D eigenvalue weighted by Crippen LogP contribution is 2.18. The van der Waals surface area contributed by atoms with Gasteiger partial charge in [-0.3, -0.25) is 0 Å². The van der Waals surface area contributed by atoms with E-state index < -0.39 is 0 Å². The van der Waals surface area contributed by atoms with Gasteiger partial charge in [-0.25, -0.2) is 0 Å². The second-order valence-corrected chi connectivity index (χ2v) is 3.16. The molecule has 0 N–H and O–H groups in total. The van der Waals surface area contributed by atoms with E-state index in [-0.39, 0.29) is 5.57 Å². The van der Waals surface area contributed by atoms with Crippen LogP contribution in [0.15, 0.2) is 34.3 Å². The molecule has 0 saturated heterocycles. The quantitative estimate of drug-likeness (QED) is 0.700. The van der Waals surface area contributed by atoms with E-state index in [9.17, 15) is 0 Å². The molecule has 0 unspecified atom stereocenters.